The molecule has 1 aliphatic carbocycles. The lowest BCUT2D eigenvalue weighted by molar-refractivity contribution is -0.125. The van der Waals surface area contributed by atoms with Crippen LogP contribution in [-0.2, 0) is 4.79 Å². The van der Waals surface area contributed by atoms with Gasteiger partial charge >= 0.3 is 0 Å². The maximum Gasteiger partial charge on any atom is 0.224 e. The van der Waals surface area contributed by atoms with Gasteiger partial charge in [0.15, 0.2) is 0 Å². The highest BCUT2D eigenvalue weighted by atomic mass is 16.1. The molecular formula is C15H20N2O. The van der Waals surface area contributed by atoms with Crippen molar-refractivity contribution >= 4 is 5.91 Å². The van der Waals surface area contributed by atoms with Gasteiger partial charge in [0, 0.05) is 12.1 Å². The largest absolute Gasteiger partial charge is 0.347 e. The summed E-state index contributed by atoms with van der Waals surface area (Å²) in [7, 11) is 0. The van der Waals surface area contributed by atoms with E-state index < -0.39 is 0 Å². The van der Waals surface area contributed by atoms with Gasteiger partial charge in [0.2, 0.25) is 5.91 Å². The molecule has 1 heterocycles. The van der Waals surface area contributed by atoms with Gasteiger partial charge < -0.3 is 5.32 Å². The van der Waals surface area contributed by atoms with E-state index in [9.17, 15) is 4.79 Å². The zero-order valence-corrected chi connectivity index (χ0v) is 11.0. The summed E-state index contributed by atoms with van der Waals surface area (Å²) in [6.45, 7) is 4.11. The van der Waals surface area contributed by atoms with Crippen LogP contribution in [0.15, 0.2) is 30.5 Å². The predicted molar refractivity (Wildman–Crippen MR) is 72.0 cm³/mol. The maximum atomic E-state index is 12.1. The molecule has 1 atom stereocenters. The van der Waals surface area contributed by atoms with Crippen LogP contribution < -0.4 is 5.32 Å². The molecule has 0 bridgehead atoms. The lowest BCUT2D eigenvalue weighted by Gasteiger charge is -2.19. The highest BCUT2D eigenvalue weighted by molar-refractivity contribution is 5.79. The SMILES string of the molecule is CC[C@@H](NC(=O)C1CC=CC1)c1cc(C)ccn1. The first-order valence-electron chi connectivity index (χ1n) is 6.58. The van der Waals surface area contributed by atoms with Gasteiger partial charge in [-0.25, -0.2) is 0 Å². The van der Waals surface area contributed by atoms with Gasteiger partial charge in [-0.1, -0.05) is 19.1 Å². The first kappa shape index (κ1) is 12.8. The Kier molecular flexibility index (Phi) is 4.13. The second-order valence-corrected chi connectivity index (χ2v) is 4.87. The summed E-state index contributed by atoms with van der Waals surface area (Å²) in [6, 6.07) is 4.04. The summed E-state index contributed by atoms with van der Waals surface area (Å²) < 4.78 is 0. The van der Waals surface area contributed by atoms with Crippen molar-refractivity contribution in [3.05, 3.63) is 41.7 Å². The second-order valence-electron chi connectivity index (χ2n) is 4.87. The van der Waals surface area contributed by atoms with Crippen molar-refractivity contribution in [1.29, 1.82) is 0 Å². The van der Waals surface area contributed by atoms with E-state index in [1.54, 1.807) is 6.20 Å². The highest BCUT2D eigenvalue weighted by Crippen LogP contribution is 2.21. The molecule has 0 aromatic carbocycles. The number of aryl methyl sites for hydroxylation is 1. The quantitative estimate of drug-likeness (QED) is 0.827. The van der Waals surface area contributed by atoms with Crippen molar-refractivity contribution in [1.82, 2.24) is 10.3 Å². The first-order valence-corrected chi connectivity index (χ1v) is 6.58. The van der Waals surface area contributed by atoms with E-state index in [-0.39, 0.29) is 17.9 Å². The molecule has 1 aromatic heterocycles. The molecule has 0 unspecified atom stereocenters. The number of amides is 1. The smallest absolute Gasteiger partial charge is 0.224 e. The van der Waals surface area contributed by atoms with Gasteiger partial charge in [0.05, 0.1) is 11.7 Å². The molecular weight excluding hydrogens is 224 g/mol. The topological polar surface area (TPSA) is 42.0 Å². The molecule has 0 saturated carbocycles. The number of rotatable bonds is 4. The van der Waals surface area contributed by atoms with Gasteiger partial charge in [-0.15, -0.1) is 0 Å². The number of aromatic nitrogens is 1. The van der Waals surface area contributed by atoms with Crippen LogP contribution in [0.5, 0.6) is 0 Å². The molecule has 1 aliphatic rings. The molecule has 0 radical (unpaired) electrons. The highest BCUT2D eigenvalue weighted by Gasteiger charge is 2.22. The normalized spacial score (nSPS) is 16.8. The van der Waals surface area contributed by atoms with Crippen LogP contribution in [0.1, 0.15) is 43.5 Å². The van der Waals surface area contributed by atoms with Crippen LogP contribution in [0.25, 0.3) is 0 Å². The third-order valence-electron chi connectivity index (χ3n) is 3.40. The Morgan fingerprint density at radius 2 is 2.22 bits per heavy atom. The van der Waals surface area contributed by atoms with Crippen molar-refractivity contribution < 1.29 is 4.79 Å². The van der Waals surface area contributed by atoms with Crippen molar-refractivity contribution in [2.45, 2.75) is 39.2 Å². The molecule has 1 N–H and O–H groups in total. The number of hydrogen-bond donors (Lipinski definition) is 1. The second kappa shape index (κ2) is 5.80. The monoisotopic (exact) mass is 244 g/mol. The zero-order chi connectivity index (χ0) is 13.0. The summed E-state index contributed by atoms with van der Waals surface area (Å²) >= 11 is 0. The molecule has 96 valence electrons. The Balaban J connectivity index is 2.03. The van der Waals surface area contributed by atoms with Crippen LogP contribution in [-0.4, -0.2) is 10.9 Å². The summed E-state index contributed by atoms with van der Waals surface area (Å²) in [4.78, 5) is 16.5. The van der Waals surface area contributed by atoms with Crippen molar-refractivity contribution in [3.8, 4) is 0 Å². The van der Waals surface area contributed by atoms with Gasteiger partial charge in [-0.2, -0.15) is 0 Å². The van der Waals surface area contributed by atoms with Gasteiger partial charge in [-0.3, -0.25) is 9.78 Å². The third kappa shape index (κ3) is 2.97. The predicted octanol–water partition coefficient (Wildman–Crippen LogP) is 2.92. The van der Waals surface area contributed by atoms with Crippen LogP contribution in [0.2, 0.25) is 0 Å². The minimum atomic E-state index is 0.0259. The van der Waals surface area contributed by atoms with Gasteiger partial charge in [0.25, 0.3) is 0 Å². The van der Waals surface area contributed by atoms with Crippen LogP contribution in [0.4, 0.5) is 0 Å². The molecule has 0 fully saturated rings. The van der Waals surface area contributed by atoms with E-state index >= 15 is 0 Å². The Labute approximate surface area is 108 Å². The summed E-state index contributed by atoms with van der Waals surface area (Å²) in [5.41, 5.74) is 2.13. The Morgan fingerprint density at radius 3 is 2.83 bits per heavy atom. The number of nitrogens with one attached hydrogen (secondary N) is 1. The molecule has 0 aliphatic heterocycles. The van der Waals surface area contributed by atoms with Crippen LogP contribution in [0.3, 0.4) is 0 Å². The molecule has 2 rings (SSSR count). The Hall–Kier alpha value is -1.64. The zero-order valence-electron chi connectivity index (χ0n) is 11.0. The number of allylic oxidation sites excluding steroid dienone is 2. The van der Waals surface area contributed by atoms with E-state index in [0.29, 0.717) is 0 Å². The maximum absolute atomic E-state index is 12.1. The van der Waals surface area contributed by atoms with E-state index in [2.05, 4.69) is 29.4 Å². The first-order chi connectivity index (χ1) is 8.70. The van der Waals surface area contributed by atoms with E-state index in [1.165, 1.54) is 5.56 Å². The fraction of sp³-hybridized carbons (Fsp3) is 0.467. The summed E-state index contributed by atoms with van der Waals surface area (Å²) in [5.74, 6) is 0.263. The van der Waals surface area contributed by atoms with Crippen molar-refractivity contribution in [3.63, 3.8) is 0 Å². The molecule has 18 heavy (non-hydrogen) atoms. The lowest BCUT2D eigenvalue weighted by atomic mass is 10.0. The van der Waals surface area contributed by atoms with Crippen molar-refractivity contribution in [2.24, 2.45) is 5.92 Å². The minimum absolute atomic E-state index is 0.0259. The van der Waals surface area contributed by atoms with Gasteiger partial charge in [-0.05, 0) is 43.9 Å². The molecule has 3 nitrogen and oxygen atoms in total. The standard InChI is InChI=1S/C15H20N2O/c1-3-13(14-10-11(2)8-9-16-14)17-15(18)12-6-4-5-7-12/h4-5,8-10,12-13H,3,6-7H2,1-2H3,(H,17,18)/t13-/m1/s1. The lowest BCUT2D eigenvalue weighted by Crippen LogP contribution is -2.33. The number of pyridine rings is 1. The molecule has 0 spiro atoms. The number of carbonyl (C=O) groups is 1. The minimum Gasteiger partial charge on any atom is -0.347 e. The van der Waals surface area contributed by atoms with E-state index in [0.717, 1.165) is 25.0 Å². The fourth-order valence-corrected chi connectivity index (χ4v) is 2.26. The molecule has 3 heteroatoms. The van der Waals surface area contributed by atoms with E-state index in [4.69, 9.17) is 0 Å². The number of hydrogen-bond acceptors (Lipinski definition) is 2. The molecule has 1 aromatic rings. The Bertz CT molecular complexity index is 446. The number of carbonyl (C=O) groups excluding carboxylic acids is 1. The summed E-state index contributed by atoms with van der Waals surface area (Å²) in [5, 5.41) is 3.11. The van der Waals surface area contributed by atoms with Crippen LogP contribution in [0, 0.1) is 12.8 Å². The summed E-state index contributed by atoms with van der Waals surface area (Å²) in [6.07, 6.45) is 8.55. The van der Waals surface area contributed by atoms with Gasteiger partial charge in [0.1, 0.15) is 0 Å². The fourth-order valence-electron chi connectivity index (χ4n) is 2.26. The van der Waals surface area contributed by atoms with E-state index in [1.807, 2.05) is 19.1 Å². The average Bonchev–Trinajstić information content (AvgIpc) is 2.89. The molecule has 1 amide bonds. The number of nitrogens with zero attached hydrogens (tertiary/aromatic N) is 1. The average molecular weight is 244 g/mol. The van der Waals surface area contributed by atoms with Crippen LogP contribution >= 0.6 is 0 Å². The van der Waals surface area contributed by atoms with Crippen molar-refractivity contribution in [2.75, 3.05) is 0 Å². The molecule has 0 saturated heterocycles. The third-order valence-corrected chi connectivity index (χ3v) is 3.40. The Morgan fingerprint density at radius 1 is 1.50 bits per heavy atom.